The summed E-state index contributed by atoms with van der Waals surface area (Å²) in [5.74, 6) is 1.26. The van der Waals surface area contributed by atoms with Gasteiger partial charge in [0.05, 0.1) is 14.2 Å². The molecule has 1 amide bonds. The van der Waals surface area contributed by atoms with Crippen LogP contribution in [-0.2, 0) is 6.42 Å². The predicted octanol–water partition coefficient (Wildman–Crippen LogP) is 2.99. The van der Waals surface area contributed by atoms with E-state index in [0.717, 1.165) is 11.1 Å². The summed E-state index contributed by atoms with van der Waals surface area (Å²) >= 11 is 0. The van der Waals surface area contributed by atoms with E-state index in [9.17, 15) is 4.79 Å². The summed E-state index contributed by atoms with van der Waals surface area (Å²) in [4.78, 5) is 12.2. The highest BCUT2D eigenvalue weighted by Crippen LogP contribution is 2.27. The molecule has 130 valence electrons. The van der Waals surface area contributed by atoms with E-state index in [1.54, 1.807) is 26.4 Å². The van der Waals surface area contributed by atoms with Crippen molar-refractivity contribution in [3.8, 4) is 11.5 Å². The van der Waals surface area contributed by atoms with E-state index in [4.69, 9.17) is 15.2 Å². The number of nitrogens with two attached hydrogens (primary N) is 1. The highest BCUT2D eigenvalue weighted by molar-refractivity contribution is 5.96. The van der Waals surface area contributed by atoms with Crippen LogP contribution in [0.25, 0.3) is 0 Å². The van der Waals surface area contributed by atoms with Crippen molar-refractivity contribution >= 4 is 24.0 Å². The molecule has 0 aliphatic carbocycles. The Morgan fingerprint density at radius 3 is 2.46 bits per heavy atom. The topological polar surface area (TPSA) is 73.6 Å². The first kappa shape index (κ1) is 19.6. The summed E-state index contributed by atoms with van der Waals surface area (Å²) in [6.45, 7) is 2.42. The fourth-order valence-electron chi connectivity index (χ4n) is 2.34. The Balaban J connectivity index is 0.00000288. The normalized spacial score (nSPS) is 9.79. The minimum absolute atomic E-state index is 0. The van der Waals surface area contributed by atoms with Gasteiger partial charge in [-0.1, -0.05) is 12.1 Å². The third kappa shape index (κ3) is 4.80. The van der Waals surface area contributed by atoms with Gasteiger partial charge in [0.15, 0.2) is 11.5 Å². The molecule has 5 nitrogen and oxygen atoms in total. The van der Waals surface area contributed by atoms with Gasteiger partial charge in [-0.15, -0.1) is 12.4 Å². The minimum Gasteiger partial charge on any atom is -0.493 e. The molecule has 0 bridgehead atoms. The zero-order valence-corrected chi connectivity index (χ0v) is 14.9. The molecule has 0 unspecified atom stereocenters. The molecular weight excluding hydrogens is 328 g/mol. The second-order valence-corrected chi connectivity index (χ2v) is 5.27. The summed E-state index contributed by atoms with van der Waals surface area (Å²) in [5, 5.41) is 2.92. The van der Waals surface area contributed by atoms with Crippen molar-refractivity contribution in [1.29, 1.82) is 0 Å². The largest absolute Gasteiger partial charge is 0.493 e. The Kier molecular flexibility index (Phi) is 7.39. The Labute approximate surface area is 148 Å². The van der Waals surface area contributed by atoms with Gasteiger partial charge in [0.2, 0.25) is 0 Å². The van der Waals surface area contributed by atoms with Crippen molar-refractivity contribution < 1.29 is 14.3 Å². The number of aryl methyl sites for hydroxylation is 1. The Bertz CT molecular complexity index is 705. The van der Waals surface area contributed by atoms with Gasteiger partial charge in [-0.2, -0.15) is 0 Å². The molecule has 2 aromatic carbocycles. The van der Waals surface area contributed by atoms with E-state index in [2.05, 4.69) is 5.32 Å². The van der Waals surface area contributed by atoms with Crippen molar-refractivity contribution in [1.82, 2.24) is 5.32 Å². The number of nitrogen functional groups attached to an aromatic ring is 1. The molecule has 6 heteroatoms. The average Bonchev–Trinajstić information content (AvgIpc) is 2.56. The predicted molar refractivity (Wildman–Crippen MR) is 98.4 cm³/mol. The average molecular weight is 351 g/mol. The third-order valence-electron chi connectivity index (χ3n) is 3.65. The number of hydrogen-bond donors (Lipinski definition) is 2. The first-order valence-corrected chi connectivity index (χ1v) is 7.40. The van der Waals surface area contributed by atoms with Crippen molar-refractivity contribution in [2.75, 3.05) is 26.5 Å². The molecule has 24 heavy (non-hydrogen) atoms. The molecule has 2 rings (SSSR count). The first-order chi connectivity index (χ1) is 11.0. The van der Waals surface area contributed by atoms with E-state index < -0.39 is 0 Å². The van der Waals surface area contributed by atoms with E-state index in [0.29, 0.717) is 35.7 Å². The molecule has 0 aromatic heterocycles. The van der Waals surface area contributed by atoms with Gasteiger partial charge >= 0.3 is 0 Å². The third-order valence-corrected chi connectivity index (χ3v) is 3.65. The molecule has 0 aliphatic heterocycles. The molecule has 2 aromatic rings. The fourth-order valence-corrected chi connectivity index (χ4v) is 2.34. The molecule has 0 atom stereocenters. The van der Waals surface area contributed by atoms with Crippen LogP contribution in [-0.4, -0.2) is 26.7 Å². The van der Waals surface area contributed by atoms with Gasteiger partial charge in [-0.25, -0.2) is 0 Å². The molecule has 0 heterocycles. The van der Waals surface area contributed by atoms with Crippen LogP contribution in [0.2, 0.25) is 0 Å². The summed E-state index contributed by atoms with van der Waals surface area (Å²) in [6.07, 6.45) is 0.702. The molecule has 0 aliphatic rings. The number of halogens is 1. The molecule has 0 saturated carbocycles. The molecular formula is C18H23ClN2O3. The van der Waals surface area contributed by atoms with Gasteiger partial charge in [-0.3, -0.25) is 4.79 Å². The van der Waals surface area contributed by atoms with Crippen LogP contribution in [0.1, 0.15) is 21.5 Å². The molecule has 3 N–H and O–H groups in total. The second-order valence-electron chi connectivity index (χ2n) is 5.27. The number of nitrogens with one attached hydrogen (secondary N) is 1. The van der Waals surface area contributed by atoms with Crippen LogP contribution in [0, 0.1) is 6.92 Å². The maximum Gasteiger partial charge on any atom is 0.251 e. The Morgan fingerprint density at radius 1 is 1.08 bits per heavy atom. The van der Waals surface area contributed by atoms with Gasteiger partial charge < -0.3 is 20.5 Å². The number of methoxy groups -OCH3 is 2. The molecule has 0 radical (unpaired) electrons. The Hall–Kier alpha value is -2.40. The smallest absolute Gasteiger partial charge is 0.251 e. The summed E-state index contributed by atoms with van der Waals surface area (Å²) in [7, 11) is 3.21. The summed E-state index contributed by atoms with van der Waals surface area (Å²) < 4.78 is 10.5. The standard InChI is InChI=1S/C18H22N2O3.ClH/c1-12-4-6-14(19)11-15(12)18(21)20-9-8-13-5-7-16(22-2)17(10-13)23-3;/h4-7,10-11H,8-9,19H2,1-3H3,(H,20,21);1H. The summed E-state index contributed by atoms with van der Waals surface area (Å²) in [6, 6.07) is 11.1. The van der Waals surface area contributed by atoms with Crippen molar-refractivity contribution in [3.05, 3.63) is 53.1 Å². The van der Waals surface area contributed by atoms with E-state index in [1.807, 2.05) is 31.2 Å². The van der Waals surface area contributed by atoms with Crippen molar-refractivity contribution in [2.24, 2.45) is 0 Å². The van der Waals surface area contributed by atoms with Gasteiger partial charge in [0.25, 0.3) is 5.91 Å². The van der Waals surface area contributed by atoms with Gasteiger partial charge in [0.1, 0.15) is 0 Å². The Morgan fingerprint density at radius 2 is 1.79 bits per heavy atom. The van der Waals surface area contributed by atoms with Crippen LogP contribution in [0.5, 0.6) is 11.5 Å². The fraction of sp³-hybridized carbons (Fsp3) is 0.278. The van der Waals surface area contributed by atoms with Crippen LogP contribution in [0.15, 0.2) is 36.4 Å². The lowest BCUT2D eigenvalue weighted by molar-refractivity contribution is 0.0953. The lowest BCUT2D eigenvalue weighted by atomic mass is 10.1. The van der Waals surface area contributed by atoms with E-state index in [-0.39, 0.29) is 18.3 Å². The number of carbonyl (C=O) groups excluding carboxylic acids is 1. The van der Waals surface area contributed by atoms with Crippen LogP contribution >= 0.6 is 12.4 Å². The number of anilines is 1. The van der Waals surface area contributed by atoms with E-state index >= 15 is 0 Å². The minimum atomic E-state index is -0.115. The van der Waals surface area contributed by atoms with E-state index in [1.165, 1.54) is 0 Å². The highest BCUT2D eigenvalue weighted by Gasteiger charge is 2.09. The molecule has 0 saturated heterocycles. The summed E-state index contributed by atoms with van der Waals surface area (Å²) in [5.41, 5.74) is 8.90. The van der Waals surface area contributed by atoms with Crippen LogP contribution in [0.3, 0.4) is 0 Å². The monoisotopic (exact) mass is 350 g/mol. The number of benzene rings is 2. The lowest BCUT2D eigenvalue weighted by Gasteiger charge is -2.11. The van der Waals surface area contributed by atoms with Crippen molar-refractivity contribution in [3.63, 3.8) is 0 Å². The highest BCUT2D eigenvalue weighted by atomic mass is 35.5. The number of rotatable bonds is 6. The maximum absolute atomic E-state index is 12.2. The SMILES string of the molecule is COc1ccc(CCNC(=O)c2cc(N)ccc2C)cc1OC.Cl. The number of hydrogen-bond acceptors (Lipinski definition) is 4. The maximum atomic E-state index is 12.2. The zero-order valence-electron chi connectivity index (χ0n) is 14.1. The van der Waals surface area contributed by atoms with Crippen molar-refractivity contribution in [2.45, 2.75) is 13.3 Å². The molecule has 0 fully saturated rings. The second kappa shape index (κ2) is 9.03. The quantitative estimate of drug-likeness (QED) is 0.785. The zero-order chi connectivity index (χ0) is 16.8. The first-order valence-electron chi connectivity index (χ1n) is 7.40. The van der Waals surface area contributed by atoms with Crippen LogP contribution < -0.4 is 20.5 Å². The van der Waals surface area contributed by atoms with Gasteiger partial charge in [0, 0.05) is 17.8 Å². The lowest BCUT2D eigenvalue weighted by Crippen LogP contribution is -2.26. The molecule has 0 spiro atoms. The van der Waals surface area contributed by atoms with Gasteiger partial charge in [-0.05, 0) is 48.7 Å². The van der Waals surface area contributed by atoms with Crippen LogP contribution in [0.4, 0.5) is 5.69 Å². The number of ether oxygens (including phenoxy) is 2. The number of amides is 1. The number of carbonyl (C=O) groups is 1.